The second-order valence-electron chi connectivity index (χ2n) is 5.03. The van der Waals surface area contributed by atoms with E-state index in [2.05, 4.69) is 35.3 Å². The van der Waals surface area contributed by atoms with Gasteiger partial charge in [0, 0.05) is 16.5 Å². The number of pyridine rings is 2. The van der Waals surface area contributed by atoms with Gasteiger partial charge in [0.25, 0.3) is 0 Å². The van der Waals surface area contributed by atoms with E-state index >= 15 is 0 Å². The lowest BCUT2D eigenvalue weighted by Gasteiger charge is -2.15. The van der Waals surface area contributed by atoms with Crippen LogP contribution in [0.15, 0.2) is 36.4 Å². The summed E-state index contributed by atoms with van der Waals surface area (Å²) in [6, 6.07) is 12.7. The molecular formula is C16H14N2. The van der Waals surface area contributed by atoms with Gasteiger partial charge in [-0.3, -0.25) is 0 Å². The molecule has 0 atom stereocenters. The summed E-state index contributed by atoms with van der Waals surface area (Å²) in [5.74, 6) is 0. The molecule has 3 aromatic rings. The zero-order chi connectivity index (χ0) is 11.9. The summed E-state index contributed by atoms with van der Waals surface area (Å²) in [6.45, 7) is 0. The molecule has 0 unspecified atom stereocenters. The number of para-hydroxylation sites is 1. The molecule has 1 aromatic carbocycles. The maximum absolute atomic E-state index is 4.75. The fraction of sp³-hybridized carbons (Fsp3) is 0.250. The zero-order valence-corrected chi connectivity index (χ0v) is 10.2. The Hall–Kier alpha value is -1.96. The molecule has 0 bridgehead atoms. The topological polar surface area (TPSA) is 25.8 Å². The Kier molecular flexibility index (Phi) is 2.10. The quantitative estimate of drug-likeness (QED) is 0.555. The molecule has 2 nitrogen and oxygen atoms in total. The average Bonchev–Trinajstić information content (AvgIpc) is 2.42. The smallest absolute Gasteiger partial charge is 0.160 e. The first kappa shape index (κ1) is 10.0. The van der Waals surface area contributed by atoms with Crippen LogP contribution in [0.25, 0.3) is 21.9 Å². The molecule has 0 N–H and O–H groups in total. The summed E-state index contributed by atoms with van der Waals surface area (Å²) in [4.78, 5) is 9.43. The van der Waals surface area contributed by atoms with Gasteiger partial charge in [-0.25, -0.2) is 9.97 Å². The van der Waals surface area contributed by atoms with Crippen LogP contribution in [0.1, 0.15) is 24.1 Å². The Labute approximate surface area is 106 Å². The van der Waals surface area contributed by atoms with Crippen LogP contribution in [0.4, 0.5) is 0 Å². The largest absolute Gasteiger partial charge is 0.233 e. The van der Waals surface area contributed by atoms with E-state index in [4.69, 9.17) is 4.98 Å². The molecule has 88 valence electrons. The predicted molar refractivity (Wildman–Crippen MR) is 73.7 cm³/mol. The maximum Gasteiger partial charge on any atom is 0.160 e. The van der Waals surface area contributed by atoms with Crippen molar-refractivity contribution in [1.82, 2.24) is 9.97 Å². The van der Waals surface area contributed by atoms with Gasteiger partial charge in [-0.15, -0.1) is 0 Å². The Morgan fingerprint density at radius 3 is 2.72 bits per heavy atom. The molecule has 18 heavy (non-hydrogen) atoms. The summed E-state index contributed by atoms with van der Waals surface area (Å²) in [7, 11) is 0. The minimum absolute atomic E-state index is 0.898. The molecule has 4 rings (SSSR count). The number of aromatic nitrogens is 2. The van der Waals surface area contributed by atoms with Crippen LogP contribution >= 0.6 is 0 Å². The number of fused-ring (bicyclic) bond motifs is 3. The summed E-state index contributed by atoms with van der Waals surface area (Å²) in [5.41, 5.74) is 4.62. The highest BCUT2D eigenvalue weighted by atomic mass is 14.9. The fourth-order valence-corrected chi connectivity index (χ4v) is 2.83. The predicted octanol–water partition coefficient (Wildman–Crippen LogP) is 3.66. The van der Waals surface area contributed by atoms with Crippen molar-refractivity contribution in [3.63, 3.8) is 0 Å². The van der Waals surface area contributed by atoms with E-state index < -0.39 is 0 Å². The molecule has 0 saturated heterocycles. The number of nitrogens with zero attached hydrogens (tertiary/aromatic N) is 2. The van der Waals surface area contributed by atoms with Crippen molar-refractivity contribution in [3.8, 4) is 0 Å². The van der Waals surface area contributed by atoms with Gasteiger partial charge in [0.2, 0.25) is 0 Å². The van der Waals surface area contributed by atoms with Gasteiger partial charge in [0.05, 0.1) is 5.52 Å². The molecule has 0 spiro atoms. The van der Waals surface area contributed by atoms with E-state index in [1.165, 1.54) is 41.3 Å². The van der Waals surface area contributed by atoms with E-state index in [-0.39, 0.29) is 0 Å². The molecule has 1 aliphatic carbocycles. The Morgan fingerprint density at radius 2 is 1.72 bits per heavy atom. The highest BCUT2D eigenvalue weighted by molar-refractivity contribution is 5.91. The summed E-state index contributed by atoms with van der Waals surface area (Å²) < 4.78 is 0. The minimum atomic E-state index is 0.898. The highest BCUT2D eigenvalue weighted by Crippen LogP contribution is 2.25. The first-order chi connectivity index (χ1) is 8.90. The molecule has 0 radical (unpaired) electrons. The third-order valence-corrected chi connectivity index (χ3v) is 3.78. The SMILES string of the molecule is c1ccc2nc3nc4c(cc3cc2c1)CCCC4. The van der Waals surface area contributed by atoms with Crippen molar-refractivity contribution in [2.24, 2.45) is 0 Å². The van der Waals surface area contributed by atoms with Gasteiger partial charge < -0.3 is 0 Å². The van der Waals surface area contributed by atoms with Gasteiger partial charge in [-0.2, -0.15) is 0 Å². The van der Waals surface area contributed by atoms with E-state index in [1.54, 1.807) is 0 Å². The van der Waals surface area contributed by atoms with Crippen LogP contribution in [0.3, 0.4) is 0 Å². The fourth-order valence-electron chi connectivity index (χ4n) is 2.83. The van der Waals surface area contributed by atoms with Gasteiger partial charge in [-0.1, -0.05) is 18.2 Å². The molecule has 0 amide bonds. The Morgan fingerprint density at radius 1 is 0.833 bits per heavy atom. The average molecular weight is 234 g/mol. The van der Waals surface area contributed by atoms with Crippen LogP contribution in [-0.2, 0) is 12.8 Å². The van der Waals surface area contributed by atoms with E-state index in [1.807, 2.05) is 6.07 Å². The van der Waals surface area contributed by atoms with Crippen LogP contribution in [0.5, 0.6) is 0 Å². The molecular weight excluding hydrogens is 220 g/mol. The number of benzene rings is 1. The van der Waals surface area contributed by atoms with Crippen molar-refractivity contribution in [2.45, 2.75) is 25.7 Å². The standard InChI is InChI=1S/C16H14N2/c1-3-7-14-11(5-1)9-13-10-12-6-2-4-8-15(12)18-16(13)17-14/h1,3,5,7,9-10H,2,4,6,8H2. The van der Waals surface area contributed by atoms with Crippen molar-refractivity contribution in [1.29, 1.82) is 0 Å². The Balaban J connectivity index is 2.05. The highest BCUT2D eigenvalue weighted by Gasteiger charge is 2.12. The third kappa shape index (κ3) is 1.49. The van der Waals surface area contributed by atoms with E-state index in [0.717, 1.165) is 17.6 Å². The number of hydrogen-bond donors (Lipinski definition) is 0. The molecule has 2 heteroatoms. The first-order valence-corrected chi connectivity index (χ1v) is 6.58. The second kappa shape index (κ2) is 3.77. The molecule has 0 fully saturated rings. The second-order valence-corrected chi connectivity index (χ2v) is 5.03. The zero-order valence-electron chi connectivity index (χ0n) is 10.2. The van der Waals surface area contributed by atoms with Gasteiger partial charge in [-0.05, 0) is 49.4 Å². The molecule has 2 aromatic heterocycles. The summed E-state index contributed by atoms with van der Waals surface area (Å²) in [5, 5.41) is 2.37. The minimum Gasteiger partial charge on any atom is -0.233 e. The van der Waals surface area contributed by atoms with Gasteiger partial charge in [0.15, 0.2) is 5.65 Å². The lowest BCUT2D eigenvalue weighted by atomic mass is 9.95. The van der Waals surface area contributed by atoms with Crippen molar-refractivity contribution >= 4 is 21.9 Å². The molecule has 0 aliphatic heterocycles. The van der Waals surface area contributed by atoms with Crippen molar-refractivity contribution < 1.29 is 0 Å². The van der Waals surface area contributed by atoms with E-state index in [0.29, 0.717) is 0 Å². The van der Waals surface area contributed by atoms with Crippen LogP contribution < -0.4 is 0 Å². The van der Waals surface area contributed by atoms with Gasteiger partial charge >= 0.3 is 0 Å². The normalized spacial score (nSPS) is 14.9. The van der Waals surface area contributed by atoms with E-state index in [9.17, 15) is 0 Å². The molecule has 0 saturated carbocycles. The number of aryl methyl sites for hydroxylation is 2. The number of rotatable bonds is 0. The van der Waals surface area contributed by atoms with Crippen molar-refractivity contribution in [2.75, 3.05) is 0 Å². The van der Waals surface area contributed by atoms with Crippen LogP contribution in [0.2, 0.25) is 0 Å². The van der Waals surface area contributed by atoms with Crippen LogP contribution in [0, 0.1) is 0 Å². The third-order valence-electron chi connectivity index (χ3n) is 3.78. The lowest BCUT2D eigenvalue weighted by Crippen LogP contribution is -2.05. The maximum atomic E-state index is 4.75. The summed E-state index contributed by atoms with van der Waals surface area (Å²) in [6.07, 6.45) is 4.84. The molecule has 2 heterocycles. The monoisotopic (exact) mass is 234 g/mol. The Bertz CT molecular complexity index is 683. The molecule has 1 aliphatic rings. The number of hydrogen-bond acceptors (Lipinski definition) is 2. The summed E-state index contributed by atoms with van der Waals surface area (Å²) >= 11 is 0. The lowest BCUT2D eigenvalue weighted by molar-refractivity contribution is 0.671. The van der Waals surface area contributed by atoms with Crippen molar-refractivity contribution in [3.05, 3.63) is 47.7 Å². The first-order valence-electron chi connectivity index (χ1n) is 6.58. The van der Waals surface area contributed by atoms with Crippen LogP contribution in [-0.4, -0.2) is 9.97 Å². The van der Waals surface area contributed by atoms with Gasteiger partial charge in [0.1, 0.15) is 0 Å².